The van der Waals surface area contributed by atoms with Gasteiger partial charge in [-0.05, 0) is 43.0 Å². The Bertz CT molecular complexity index is 1020. The molecule has 0 radical (unpaired) electrons. The molecule has 0 spiro atoms. The predicted molar refractivity (Wildman–Crippen MR) is 119 cm³/mol. The maximum Gasteiger partial charge on any atom is 0.261 e. The van der Waals surface area contributed by atoms with Crippen molar-refractivity contribution in [3.8, 4) is 0 Å². The van der Waals surface area contributed by atoms with Crippen molar-refractivity contribution in [3.63, 3.8) is 0 Å². The van der Waals surface area contributed by atoms with Crippen LogP contribution in [-0.4, -0.2) is 52.9 Å². The van der Waals surface area contributed by atoms with Gasteiger partial charge in [-0.2, -0.15) is 0 Å². The number of carbonyl (C=O) groups excluding carboxylic acids is 2. The number of hydrogen-bond donors (Lipinski definition) is 1. The van der Waals surface area contributed by atoms with E-state index >= 15 is 0 Å². The Hall–Kier alpha value is -2.97. The lowest BCUT2D eigenvalue weighted by molar-refractivity contribution is 0.0627. The van der Waals surface area contributed by atoms with Crippen molar-refractivity contribution in [3.05, 3.63) is 74.8 Å². The lowest BCUT2D eigenvalue weighted by Gasteiger charge is -2.34. The van der Waals surface area contributed by atoms with Crippen LogP contribution in [0.4, 0.5) is 0 Å². The van der Waals surface area contributed by atoms with Crippen LogP contribution in [0.1, 0.15) is 42.6 Å². The molecule has 31 heavy (non-hydrogen) atoms. The standard InChI is InChI=1S/C23H26N4O3S/c1-16-20(17(2)30-25-16)15-26-9-11-27(12-10-26)23(29)19-7-5-18(6-8-19)14-24-22(28)21-4-3-13-31-21/h3-8,13H,9-12,14-15H2,1-2H3,(H,24,28). The number of aromatic nitrogens is 1. The van der Waals surface area contributed by atoms with E-state index < -0.39 is 0 Å². The second kappa shape index (κ2) is 9.45. The summed E-state index contributed by atoms with van der Waals surface area (Å²) in [6.45, 7) is 8.17. The van der Waals surface area contributed by atoms with Crippen molar-refractivity contribution in [2.45, 2.75) is 26.9 Å². The SMILES string of the molecule is Cc1noc(C)c1CN1CCN(C(=O)c2ccc(CNC(=O)c3cccs3)cc2)CC1. The van der Waals surface area contributed by atoms with Gasteiger partial charge in [0.2, 0.25) is 0 Å². The summed E-state index contributed by atoms with van der Waals surface area (Å²) in [5.41, 5.74) is 3.71. The van der Waals surface area contributed by atoms with Gasteiger partial charge in [-0.1, -0.05) is 23.4 Å². The Labute approximate surface area is 185 Å². The Morgan fingerprint density at radius 3 is 2.45 bits per heavy atom. The Balaban J connectivity index is 1.27. The van der Waals surface area contributed by atoms with Crippen LogP contribution in [0.5, 0.6) is 0 Å². The summed E-state index contributed by atoms with van der Waals surface area (Å²) in [4.78, 5) is 29.9. The lowest BCUT2D eigenvalue weighted by Crippen LogP contribution is -2.48. The zero-order valence-corrected chi connectivity index (χ0v) is 18.6. The summed E-state index contributed by atoms with van der Waals surface area (Å²) >= 11 is 1.42. The third-order valence-corrected chi connectivity index (χ3v) is 6.49. The lowest BCUT2D eigenvalue weighted by atomic mass is 10.1. The van der Waals surface area contributed by atoms with Gasteiger partial charge in [0, 0.05) is 50.4 Å². The number of nitrogens with one attached hydrogen (secondary N) is 1. The molecule has 4 rings (SSSR count). The quantitative estimate of drug-likeness (QED) is 0.639. The van der Waals surface area contributed by atoms with Gasteiger partial charge in [-0.3, -0.25) is 14.5 Å². The van der Waals surface area contributed by atoms with Gasteiger partial charge in [0.15, 0.2) is 0 Å². The summed E-state index contributed by atoms with van der Waals surface area (Å²) in [5, 5.41) is 8.80. The van der Waals surface area contributed by atoms with Gasteiger partial charge < -0.3 is 14.7 Å². The minimum atomic E-state index is -0.0791. The van der Waals surface area contributed by atoms with E-state index in [0.717, 1.165) is 42.2 Å². The molecule has 1 aliphatic rings. The number of piperazine rings is 1. The van der Waals surface area contributed by atoms with Crippen LogP contribution in [0, 0.1) is 13.8 Å². The van der Waals surface area contributed by atoms with Crippen LogP contribution in [-0.2, 0) is 13.1 Å². The molecule has 0 unspecified atom stereocenters. The van der Waals surface area contributed by atoms with Gasteiger partial charge in [-0.25, -0.2) is 0 Å². The van der Waals surface area contributed by atoms with E-state index in [-0.39, 0.29) is 11.8 Å². The second-order valence-electron chi connectivity index (χ2n) is 7.73. The fourth-order valence-corrected chi connectivity index (χ4v) is 4.33. The number of nitrogens with zero attached hydrogens (tertiary/aromatic N) is 3. The van der Waals surface area contributed by atoms with Crippen LogP contribution < -0.4 is 5.32 Å². The fraction of sp³-hybridized carbons (Fsp3) is 0.348. The summed E-state index contributed by atoms with van der Waals surface area (Å²) < 4.78 is 5.25. The number of amides is 2. The molecule has 0 saturated carbocycles. The second-order valence-corrected chi connectivity index (χ2v) is 8.68. The van der Waals surface area contributed by atoms with Crippen molar-refractivity contribution in [2.24, 2.45) is 0 Å². The van der Waals surface area contributed by atoms with Crippen LogP contribution in [0.15, 0.2) is 46.3 Å². The normalized spacial score (nSPS) is 14.6. The van der Waals surface area contributed by atoms with Gasteiger partial charge >= 0.3 is 0 Å². The molecule has 3 heterocycles. The molecule has 0 atom stereocenters. The monoisotopic (exact) mass is 438 g/mol. The number of benzene rings is 1. The highest BCUT2D eigenvalue weighted by Crippen LogP contribution is 2.17. The van der Waals surface area contributed by atoms with Gasteiger partial charge in [0.05, 0.1) is 10.6 Å². The average Bonchev–Trinajstić information content (AvgIpc) is 3.44. The summed E-state index contributed by atoms with van der Waals surface area (Å²) in [5.74, 6) is 0.832. The fourth-order valence-electron chi connectivity index (χ4n) is 3.69. The maximum atomic E-state index is 12.9. The third-order valence-electron chi connectivity index (χ3n) is 5.62. The molecule has 2 aromatic heterocycles. The van der Waals surface area contributed by atoms with Crippen molar-refractivity contribution in [1.29, 1.82) is 0 Å². The first kappa shape index (κ1) is 21.3. The van der Waals surface area contributed by atoms with Gasteiger partial charge in [0.1, 0.15) is 5.76 Å². The van der Waals surface area contributed by atoms with Crippen molar-refractivity contribution >= 4 is 23.2 Å². The van der Waals surface area contributed by atoms with Gasteiger partial charge in [-0.15, -0.1) is 11.3 Å². The number of hydrogen-bond acceptors (Lipinski definition) is 6. The van der Waals surface area contributed by atoms with Crippen LogP contribution in [0.3, 0.4) is 0 Å². The van der Waals surface area contributed by atoms with Crippen LogP contribution >= 0.6 is 11.3 Å². The highest BCUT2D eigenvalue weighted by Gasteiger charge is 2.23. The first-order valence-electron chi connectivity index (χ1n) is 10.4. The number of rotatable bonds is 6. The Morgan fingerprint density at radius 2 is 1.84 bits per heavy atom. The molecular weight excluding hydrogens is 412 g/mol. The highest BCUT2D eigenvalue weighted by atomic mass is 32.1. The summed E-state index contributed by atoms with van der Waals surface area (Å²) in [7, 11) is 0. The van der Waals surface area contributed by atoms with E-state index in [0.29, 0.717) is 30.1 Å². The maximum absolute atomic E-state index is 12.9. The van der Waals surface area contributed by atoms with Crippen molar-refractivity contribution in [2.75, 3.05) is 26.2 Å². The van der Waals surface area contributed by atoms with E-state index in [1.54, 1.807) is 6.07 Å². The minimum absolute atomic E-state index is 0.0474. The molecule has 1 aliphatic heterocycles. The molecular formula is C23H26N4O3S. The largest absolute Gasteiger partial charge is 0.361 e. The molecule has 1 aromatic carbocycles. The predicted octanol–water partition coefficient (Wildman–Crippen LogP) is 3.24. The summed E-state index contributed by atoms with van der Waals surface area (Å²) in [6, 6.07) is 11.1. The molecule has 8 heteroatoms. The van der Waals surface area contributed by atoms with E-state index in [9.17, 15) is 9.59 Å². The molecule has 162 valence electrons. The first-order valence-corrected chi connectivity index (χ1v) is 11.2. The average molecular weight is 439 g/mol. The highest BCUT2D eigenvalue weighted by molar-refractivity contribution is 7.12. The summed E-state index contributed by atoms with van der Waals surface area (Å²) in [6.07, 6.45) is 0. The van der Waals surface area contributed by atoms with Gasteiger partial charge in [0.25, 0.3) is 11.8 Å². The van der Waals surface area contributed by atoms with E-state index in [4.69, 9.17) is 4.52 Å². The molecule has 1 saturated heterocycles. The van der Waals surface area contributed by atoms with E-state index in [1.807, 2.05) is 54.5 Å². The smallest absolute Gasteiger partial charge is 0.261 e. The Kier molecular flexibility index (Phi) is 6.48. The minimum Gasteiger partial charge on any atom is -0.361 e. The zero-order valence-electron chi connectivity index (χ0n) is 17.8. The van der Waals surface area contributed by atoms with E-state index in [1.165, 1.54) is 11.3 Å². The van der Waals surface area contributed by atoms with Crippen LogP contribution in [0.2, 0.25) is 0 Å². The molecule has 0 aliphatic carbocycles. The first-order chi connectivity index (χ1) is 15.0. The molecule has 2 amide bonds. The van der Waals surface area contributed by atoms with E-state index in [2.05, 4.69) is 15.4 Å². The molecule has 1 N–H and O–H groups in total. The zero-order chi connectivity index (χ0) is 21.8. The topological polar surface area (TPSA) is 78.7 Å². The molecule has 3 aromatic rings. The number of carbonyl (C=O) groups is 2. The number of thiophene rings is 1. The third kappa shape index (κ3) is 5.03. The van der Waals surface area contributed by atoms with Crippen LogP contribution in [0.25, 0.3) is 0 Å². The molecule has 1 fully saturated rings. The molecule has 0 bridgehead atoms. The van der Waals surface area contributed by atoms with Crippen molar-refractivity contribution in [1.82, 2.24) is 20.3 Å². The Morgan fingerprint density at radius 1 is 1.10 bits per heavy atom. The molecule has 7 nitrogen and oxygen atoms in total. The number of aryl methyl sites for hydroxylation is 2. The van der Waals surface area contributed by atoms with Crippen molar-refractivity contribution < 1.29 is 14.1 Å².